The quantitative estimate of drug-likeness (QED) is 0.0285. The number of carbonyl (C=O) groups is 9. The van der Waals surface area contributed by atoms with Crippen LogP contribution in [0.1, 0.15) is 78.2 Å². The Kier molecular flexibility index (Phi) is 35.0. The second-order valence-corrected chi connectivity index (χ2v) is 21.8. The molecule has 3 fully saturated rings. The van der Waals surface area contributed by atoms with E-state index in [0.717, 1.165) is 44.1 Å². The number of hydrogen-bond acceptors (Lipinski definition) is 19. The number of ketones is 1. The Balaban J connectivity index is 0.849. The number of Topliss-reactive ketones (excluding diaryl/α,β-unsaturated/α-hetero) is 1. The first-order valence-corrected chi connectivity index (χ1v) is 29.4. The average Bonchev–Trinajstić information content (AvgIpc) is 4.50. The van der Waals surface area contributed by atoms with E-state index in [1.165, 1.54) is 4.90 Å². The highest BCUT2D eigenvalue weighted by Crippen LogP contribution is 2.37. The minimum atomic E-state index is -1.08. The Morgan fingerprint density at radius 2 is 1.04 bits per heavy atom. The maximum absolute atomic E-state index is 13.2. The summed E-state index contributed by atoms with van der Waals surface area (Å²) in [6.07, 6.45) is 4.71. The van der Waals surface area contributed by atoms with Gasteiger partial charge in [0, 0.05) is 43.2 Å². The summed E-state index contributed by atoms with van der Waals surface area (Å²) in [5, 5.41) is 15.4. The number of hydrogen-bond donors (Lipinski definition) is 6. The van der Waals surface area contributed by atoms with Crippen LogP contribution in [0.5, 0.6) is 0 Å². The first kappa shape index (κ1) is 70.9. The number of amides is 8. The Hall–Kier alpha value is -5.55. The smallest absolute Gasteiger partial charge is 0.246 e. The van der Waals surface area contributed by atoms with Crippen molar-refractivity contribution in [1.82, 2.24) is 36.8 Å². The fourth-order valence-corrected chi connectivity index (χ4v) is 8.81. The first-order valence-electron chi connectivity index (χ1n) is 29.4. The van der Waals surface area contributed by atoms with E-state index < -0.39 is 66.7 Å². The molecule has 0 aromatic heterocycles. The van der Waals surface area contributed by atoms with Crippen LogP contribution in [-0.4, -0.2) is 228 Å². The van der Waals surface area contributed by atoms with Gasteiger partial charge < -0.3 is 79.3 Å². The van der Waals surface area contributed by atoms with Gasteiger partial charge in [-0.3, -0.25) is 48.1 Å². The monoisotopic (exact) mass is 1190 g/mol. The largest absolute Gasteiger partial charge is 0.377 e. The van der Waals surface area contributed by atoms with E-state index in [9.17, 15) is 43.2 Å². The van der Waals surface area contributed by atoms with Crippen LogP contribution < -0.4 is 31.9 Å². The van der Waals surface area contributed by atoms with Gasteiger partial charge in [-0.05, 0) is 55.9 Å². The van der Waals surface area contributed by atoms with Crippen LogP contribution in [0, 0.1) is 29.1 Å². The zero-order valence-electron chi connectivity index (χ0n) is 49.7. The van der Waals surface area contributed by atoms with Gasteiger partial charge in [-0.25, -0.2) is 0 Å². The summed E-state index contributed by atoms with van der Waals surface area (Å²) in [5.74, 6) is -3.11. The standard InChI is InChI=1S/C58H93N7O19/c1-42-34-52(70)65(57(42)74)39-44-10-12-46(13-11-44)55(72)59-16-17-75-18-19-76-20-21-77-22-23-78-24-25-79-26-27-80-28-29-81-30-31-82-32-33-83-40-51(69)61-36-48(66)60-38-50(68)64-47(35-43-8-6-5-7-9-43)56(73)62-37-49(67)63-41-84-53(45-14-15-45)54(71)58(2,3)4/h5-9,42,44-47,53H,10-41H2,1-4H3,(H,59,72)(H,60,66)(H,61,69)(H,62,73)(H,63,67)(H,64,68)/t42?,44-,46-,47-,53-/m0/s1. The molecule has 1 saturated heterocycles. The molecule has 0 spiro atoms. The van der Waals surface area contributed by atoms with Crippen molar-refractivity contribution in [1.29, 1.82) is 0 Å². The number of nitrogens with one attached hydrogen (secondary N) is 6. The molecular weight excluding hydrogens is 1100 g/mol. The van der Waals surface area contributed by atoms with Crippen LogP contribution in [-0.2, 0) is 96.9 Å². The highest BCUT2D eigenvalue weighted by atomic mass is 16.6. The molecule has 26 heteroatoms. The summed E-state index contributed by atoms with van der Waals surface area (Å²) in [6, 6.07) is 7.84. The Morgan fingerprint density at radius 1 is 0.560 bits per heavy atom. The molecular formula is C58H93N7O19. The minimum Gasteiger partial charge on any atom is -0.377 e. The fourth-order valence-electron chi connectivity index (χ4n) is 8.81. The van der Waals surface area contributed by atoms with Crippen LogP contribution in [0.2, 0.25) is 0 Å². The van der Waals surface area contributed by atoms with Crippen molar-refractivity contribution in [3.63, 3.8) is 0 Å². The number of nitrogens with zero attached hydrogens (tertiary/aromatic N) is 1. The summed E-state index contributed by atoms with van der Waals surface area (Å²) in [7, 11) is 0. The van der Waals surface area contributed by atoms with E-state index in [1.807, 2.05) is 20.8 Å². The lowest BCUT2D eigenvalue weighted by atomic mass is 9.81. The maximum Gasteiger partial charge on any atom is 0.246 e. The number of likely N-dealkylation sites (tertiary alicyclic amines) is 1. The minimum absolute atomic E-state index is 0.0247. The lowest BCUT2D eigenvalue weighted by Gasteiger charge is -2.30. The van der Waals surface area contributed by atoms with Crippen LogP contribution >= 0.6 is 0 Å². The fraction of sp³-hybridized carbons (Fsp3) is 0.741. The first-order chi connectivity index (χ1) is 40.5. The summed E-state index contributed by atoms with van der Waals surface area (Å²) < 4.78 is 55.1. The van der Waals surface area contributed by atoms with Crippen molar-refractivity contribution in [3.05, 3.63) is 35.9 Å². The zero-order chi connectivity index (χ0) is 60.8. The van der Waals surface area contributed by atoms with E-state index in [2.05, 4.69) is 31.9 Å². The van der Waals surface area contributed by atoms with Gasteiger partial charge in [0.25, 0.3) is 0 Å². The van der Waals surface area contributed by atoms with E-state index in [0.29, 0.717) is 119 Å². The third-order valence-corrected chi connectivity index (χ3v) is 13.7. The predicted octanol–water partition coefficient (Wildman–Crippen LogP) is 0.0136. The lowest BCUT2D eigenvalue weighted by Crippen LogP contribution is -2.52. The number of benzene rings is 1. The van der Waals surface area contributed by atoms with E-state index >= 15 is 0 Å². The molecule has 1 aromatic rings. The molecule has 2 aliphatic carbocycles. The molecule has 474 valence electrons. The van der Waals surface area contributed by atoms with Crippen molar-refractivity contribution in [3.8, 4) is 0 Å². The molecule has 3 atom stereocenters. The van der Waals surface area contributed by atoms with E-state index in [-0.39, 0.29) is 80.1 Å². The van der Waals surface area contributed by atoms with Gasteiger partial charge in [0.15, 0.2) is 5.78 Å². The number of carbonyl (C=O) groups excluding carboxylic acids is 9. The summed E-state index contributed by atoms with van der Waals surface area (Å²) in [5.41, 5.74) is 0.152. The van der Waals surface area contributed by atoms with Crippen molar-refractivity contribution in [2.45, 2.75) is 91.2 Å². The molecule has 4 rings (SSSR count). The van der Waals surface area contributed by atoms with Crippen LogP contribution in [0.15, 0.2) is 30.3 Å². The van der Waals surface area contributed by atoms with E-state index in [1.54, 1.807) is 37.3 Å². The normalized spacial score (nSPS) is 17.8. The predicted molar refractivity (Wildman–Crippen MR) is 303 cm³/mol. The summed E-state index contributed by atoms with van der Waals surface area (Å²) in [4.78, 5) is 114. The van der Waals surface area contributed by atoms with Gasteiger partial charge in [-0.2, -0.15) is 0 Å². The highest BCUT2D eigenvalue weighted by Gasteiger charge is 2.41. The molecule has 1 aromatic carbocycles. The maximum atomic E-state index is 13.2. The molecule has 1 unspecified atom stereocenters. The molecule has 0 bridgehead atoms. The van der Waals surface area contributed by atoms with Crippen LogP contribution in [0.3, 0.4) is 0 Å². The Morgan fingerprint density at radius 3 is 1.54 bits per heavy atom. The van der Waals surface area contributed by atoms with Crippen LogP contribution in [0.4, 0.5) is 0 Å². The van der Waals surface area contributed by atoms with Crippen molar-refractivity contribution >= 4 is 53.0 Å². The molecule has 3 aliphatic rings. The molecule has 2 saturated carbocycles. The molecule has 1 aliphatic heterocycles. The molecule has 0 radical (unpaired) electrons. The SMILES string of the molecule is CC1CC(=O)N(C[C@H]2CC[C@H](C(=O)NCCOCCOCCOCCOCCOCCOCCOCCOCCOCC(=O)NCC(=O)NCC(=O)N[C@@H](Cc3ccccc3)C(=O)NCC(=O)NCO[C@H](C(=O)C(C)(C)C)C3CC3)CC2)C1=O. The van der Waals surface area contributed by atoms with Crippen molar-refractivity contribution in [2.24, 2.45) is 29.1 Å². The Labute approximate surface area is 493 Å². The second-order valence-electron chi connectivity index (χ2n) is 21.8. The number of rotatable bonds is 47. The van der Waals surface area contributed by atoms with Gasteiger partial charge in [0.05, 0.1) is 132 Å². The average molecular weight is 1190 g/mol. The molecule has 1 heterocycles. The molecule has 6 N–H and O–H groups in total. The van der Waals surface area contributed by atoms with Gasteiger partial charge in [-0.1, -0.05) is 58.0 Å². The molecule has 8 amide bonds. The second kappa shape index (κ2) is 41.5. The number of imide groups is 1. The van der Waals surface area contributed by atoms with Gasteiger partial charge in [-0.15, -0.1) is 0 Å². The van der Waals surface area contributed by atoms with Crippen molar-refractivity contribution < 1.29 is 90.5 Å². The third-order valence-electron chi connectivity index (χ3n) is 13.7. The highest BCUT2D eigenvalue weighted by molar-refractivity contribution is 6.03. The lowest BCUT2D eigenvalue weighted by molar-refractivity contribution is -0.142. The van der Waals surface area contributed by atoms with Crippen LogP contribution in [0.25, 0.3) is 0 Å². The van der Waals surface area contributed by atoms with Gasteiger partial charge >= 0.3 is 0 Å². The van der Waals surface area contributed by atoms with E-state index in [4.69, 9.17) is 47.4 Å². The summed E-state index contributed by atoms with van der Waals surface area (Å²) >= 11 is 0. The Bertz CT molecular complexity index is 2140. The molecule has 84 heavy (non-hydrogen) atoms. The van der Waals surface area contributed by atoms with Crippen molar-refractivity contribution in [2.75, 3.05) is 158 Å². The molecule has 26 nitrogen and oxygen atoms in total. The van der Waals surface area contributed by atoms with Gasteiger partial charge in [0.2, 0.25) is 47.3 Å². The topological polar surface area (TPSA) is 321 Å². The van der Waals surface area contributed by atoms with Gasteiger partial charge in [0.1, 0.15) is 25.5 Å². The number of ether oxygens (including phenoxy) is 10. The summed E-state index contributed by atoms with van der Waals surface area (Å²) in [6.45, 7) is 12.6. The third kappa shape index (κ3) is 31.0. The zero-order valence-corrected chi connectivity index (χ0v) is 49.7.